The van der Waals surface area contributed by atoms with Crippen molar-refractivity contribution in [3.8, 4) is 0 Å². The van der Waals surface area contributed by atoms with Crippen LogP contribution in [0.15, 0.2) is 71.3 Å². The van der Waals surface area contributed by atoms with Crippen LogP contribution in [0.2, 0.25) is 0 Å². The molecule has 0 aliphatic rings. The molecule has 1 aromatic carbocycles. The van der Waals surface area contributed by atoms with Crippen LogP contribution in [0.4, 0.5) is 5.69 Å². The summed E-state index contributed by atoms with van der Waals surface area (Å²) in [5.41, 5.74) is 0.910. The summed E-state index contributed by atoms with van der Waals surface area (Å²) in [6.07, 6.45) is 3.21. The molecule has 0 bridgehead atoms. The van der Waals surface area contributed by atoms with Gasteiger partial charge in [0.1, 0.15) is 0 Å². The van der Waals surface area contributed by atoms with Gasteiger partial charge in [-0.1, -0.05) is 36.0 Å². The van der Waals surface area contributed by atoms with Gasteiger partial charge >= 0.3 is 0 Å². The number of benzene rings is 1. The number of carbonyl (C=O) groups is 1. The van der Waals surface area contributed by atoms with Crippen LogP contribution in [-0.2, 0) is 11.3 Å². The Balaban J connectivity index is 1.82. The van der Waals surface area contributed by atoms with Crippen LogP contribution in [0.3, 0.4) is 0 Å². The molecule has 0 saturated heterocycles. The Kier molecular flexibility index (Phi) is 5.25. The minimum absolute atomic E-state index is 0.136. The highest BCUT2D eigenvalue weighted by molar-refractivity contribution is 7.99. The van der Waals surface area contributed by atoms with Crippen LogP contribution < -0.4 is 10.9 Å². The summed E-state index contributed by atoms with van der Waals surface area (Å²) in [5, 5.41) is 3.70. The van der Waals surface area contributed by atoms with E-state index in [0.29, 0.717) is 22.7 Å². The molecule has 3 aromatic rings. The number of allylic oxidation sites excluding steroid dienone is 1. The molecule has 0 aliphatic carbocycles. The fourth-order valence-electron chi connectivity index (χ4n) is 2.29. The van der Waals surface area contributed by atoms with E-state index in [-0.39, 0.29) is 17.2 Å². The number of anilines is 1. The second-order valence-corrected chi connectivity index (χ2v) is 6.12. The molecule has 1 amide bonds. The molecule has 1 N–H and O–H groups in total. The third-order valence-electron chi connectivity index (χ3n) is 3.40. The number of hydrogen-bond donors (Lipinski definition) is 1. The van der Waals surface area contributed by atoms with Crippen LogP contribution in [-0.4, -0.2) is 26.2 Å². The van der Waals surface area contributed by atoms with Crippen molar-refractivity contribution in [1.29, 1.82) is 0 Å². The van der Waals surface area contributed by atoms with E-state index >= 15 is 0 Å². The maximum Gasteiger partial charge on any atom is 0.263 e. The van der Waals surface area contributed by atoms with E-state index in [1.807, 2.05) is 30.3 Å². The lowest BCUT2D eigenvalue weighted by molar-refractivity contribution is -0.113. The van der Waals surface area contributed by atoms with Gasteiger partial charge in [0.2, 0.25) is 5.91 Å². The van der Waals surface area contributed by atoms with E-state index in [4.69, 9.17) is 0 Å². The first-order valence-corrected chi connectivity index (χ1v) is 8.62. The van der Waals surface area contributed by atoms with Crippen LogP contribution in [0.1, 0.15) is 0 Å². The Morgan fingerprint density at radius 3 is 2.80 bits per heavy atom. The normalized spacial score (nSPS) is 10.6. The SMILES string of the molecule is C=CCn1c(SCC(=O)Nc2ccccc2)nc2ncccc2c1=O. The Hall–Kier alpha value is -2.93. The maximum atomic E-state index is 12.6. The highest BCUT2D eigenvalue weighted by Crippen LogP contribution is 2.17. The molecule has 25 heavy (non-hydrogen) atoms. The first-order chi connectivity index (χ1) is 12.2. The predicted molar refractivity (Wildman–Crippen MR) is 99.8 cm³/mol. The minimum Gasteiger partial charge on any atom is -0.325 e. The molecule has 0 aliphatic heterocycles. The number of carbonyl (C=O) groups excluding carboxylic acids is 1. The molecule has 2 heterocycles. The summed E-state index contributed by atoms with van der Waals surface area (Å²) in [4.78, 5) is 33.3. The third-order valence-corrected chi connectivity index (χ3v) is 4.37. The standard InChI is InChI=1S/C18H16N4O2S/c1-2-11-22-17(24)14-9-6-10-19-16(14)21-18(22)25-12-15(23)20-13-7-4-3-5-8-13/h2-10H,1,11-12H2,(H,20,23). The summed E-state index contributed by atoms with van der Waals surface area (Å²) < 4.78 is 1.50. The van der Waals surface area contributed by atoms with Crippen molar-refractivity contribution in [1.82, 2.24) is 14.5 Å². The number of fused-ring (bicyclic) bond motifs is 1. The lowest BCUT2D eigenvalue weighted by atomic mass is 10.3. The maximum absolute atomic E-state index is 12.6. The van der Waals surface area contributed by atoms with Gasteiger partial charge in [-0.05, 0) is 24.3 Å². The lowest BCUT2D eigenvalue weighted by Crippen LogP contribution is -2.24. The van der Waals surface area contributed by atoms with E-state index in [9.17, 15) is 9.59 Å². The molecule has 0 fully saturated rings. The molecule has 0 spiro atoms. The topological polar surface area (TPSA) is 76.9 Å². The van der Waals surface area contributed by atoms with Crippen molar-refractivity contribution in [3.63, 3.8) is 0 Å². The van der Waals surface area contributed by atoms with Gasteiger partial charge in [0.25, 0.3) is 5.56 Å². The molecule has 7 heteroatoms. The van der Waals surface area contributed by atoms with Crippen molar-refractivity contribution in [2.75, 3.05) is 11.1 Å². The molecular formula is C18H16N4O2S. The van der Waals surface area contributed by atoms with Crippen molar-refractivity contribution in [3.05, 3.63) is 71.7 Å². The number of nitrogens with zero attached hydrogens (tertiary/aromatic N) is 3. The smallest absolute Gasteiger partial charge is 0.263 e. The molecule has 126 valence electrons. The number of rotatable bonds is 6. The fraction of sp³-hybridized carbons (Fsp3) is 0.111. The molecular weight excluding hydrogens is 336 g/mol. The van der Waals surface area contributed by atoms with Crippen molar-refractivity contribution in [2.24, 2.45) is 0 Å². The molecule has 0 saturated carbocycles. The monoisotopic (exact) mass is 352 g/mol. The molecule has 2 aromatic heterocycles. The van der Waals surface area contributed by atoms with Gasteiger partial charge in [-0.2, -0.15) is 0 Å². The molecule has 3 rings (SSSR count). The molecule has 6 nitrogen and oxygen atoms in total. The van der Waals surface area contributed by atoms with Gasteiger partial charge in [0.15, 0.2) is 10.8 Å². The van der Waals surface area contributed by atoms with Crippen molar-refractivity contribution >= 4 is 34.4 Å². The largest absolute Gasteiger partial charge is 0.325 e. The number of amides is 1. The van der Waals surface area contributed by atoms with Gasteiger partial charge in [-0.15, -0.1) is 6.58 Å². The van der Waals surface area contributed by atoms with Crippen LogP contribution >= 0.6 is 11.8 Å². The van der Waals surface area contributed by atoms with Crippen LogP contribution in [0, 0.1) is 0 Å². The number of hydrogen-bond acceptors (Lipinski definition) is 5. The Morgan fingerprint density at radius 1 is 1.24 bits per heavy atom. The van der Waals surface area contributed by atoms with Gasteiger partial charge in [-0.3, -0.25) is 14.2 Å². The van der Waals surface area contributed by atoms with E-state index in [1.54, 1.807) is 24.4 Å². The predicted octanol–water partition coefficient (Wildman–Crippen LogP) is 2.71. The molecule has 0 unspecified atom stereocenters. The minimum atomic E-state index is -0.191. The summed E-state index contributed by atoms with van der Waals surface area (Å²) in [7, 11) is 0. The van der Waals surface area contributed by atoms with Crippen LogP contribution in [0.25, 0.3) is 11.0 Å². The summed E-state index contributed by atoms with van der Waals surface area (Å²) >= 11 is 1.20. The summed E-state index contributed by atoms with van der Waals surface area (Å²) in [6.45, 7) is 4.00. The highest BCUT2D eigenvalue weighted by Gasteiger charge is 2.13. The second-order valence-electron chi connectivity index (χ2n) is 5.18. The van der Waals surface area contributed by atoms with Gasteiger partial charge < -0.3 is 5.32 Å². The lowest BCUT2D eigenvalue weighted by Gasteiger charge is -2.11. The van der Waals surface area contributed by atoms with Gasteiger partial charge in [0, 0.05) is 18.4 Å². The van der Waals surface area contributed by atoms with Gasteiger partial charge in [-0.25, -0.2) is 9.97 Å². The van der Waals surface area contributed by atoms with Crippen LogP contribution in [0.5, 0.6) is 0 Å². The first kappa shape index (κ1) is 16.9. The number of aromatic nitrogens is 3. The Bertz CT molecular complexity index is 970. The summed E-state index contributed by atoms with van der Waals surface area (Å²) in [5.74, 6) is -0.0340. The quantitative estimate of drug-likeness (QED) is 0.419. The average Bonchev–Trinajstić information content (AvgIpc) is 2.63. The van der Waals surface area contributed by atoms with E-state index in [2.05, 4.69) is 21.9 Å². The van der Waals surface area contributed by atoms with E-state index < -0.39 is 0 Å². The first-order valence-electron chi connectivity index (χ1n) is 7.63. The third kappa shape index (κ3) is 3.95. The number of thioether (sulfide) groups is 1. The van der Waals surface area contributed by atoms with Crippen molar-refractivity contribution < 1.29 is 4.79 Å². The molecule has 0 radical (unpaired) electrons. The summed E-state index contributed by atoms with van der Waals surface area (Å²) in [6, 6.07) is 12.6. The van der Waals surface area contributed by atoms with E-state index in [0.717, 1.165) is 5.69 Å². The number of pyridine rings is 1. The zero-order valence-corrected chi connectivity index (χ0v) is 14.2. The second kappa shape index (κ2) is 7.76. The number of para-hydroxylation sites is 1. The highest BCUT2D eigenvalue weighted by atomic mass is 32.2. The van der Waals surface area contributed by atoms with E-state index in [1.165, 1.54) is 16.3 Å². The fourth-order valence-corrected chi connectivity index (χ4v) is 3.08. The van der Waals surface area contributed by atoms with Gasteiger partial charge in [0.05, 0.1) is 11.1 Å². The average molecular weight is 352 g/mol. The molecule has 0 atom stereocenters. The van der Waals surface area contributed by atoms with Crippen molar-refractivity contribution in [2.45, 2.75) is 11.7 Å². The Morgan fingerprint density at radius 2 is 2.04 bits per heavy atom. The number of nitrogens with one attached hydrogen (secondary N) is 1. The zero-order valence-electron chi connectivity index (χ0n) is 13.4. The zero-order chi connectivity index (χ0) is 17.6. The Labute approximate surface area is 148 Å².